The Labute approximate surface area is 561 Å². The van der Waals surface area contributed by atoms with Gasteiger partial charge >= 0.3 is 0 Å². The molecule has 0 aromatic heterocycles. The van der Waals surface area contributed by atoms with Crippen LogP contribution in [-0.4, -0.2) is 0 Å². The molecule has 464 valence electrons. The molecule has 0 aliphatic rings. The summed E-state index contributed by atoms with van der Waals surface area (Å²) < 4.78 is 0. The van der Waals surface area contributed by atoms with Gasteiger partial charge in [0.1, 0.15) is 0 Å². The molecule has 0 N–H and O–H groups in total. The highest BCUT2D eigenvalue weighted by atomic mass is 15.2. The molecule has 4 heteroatoms. The van der Waals surface area contributed by atoms with Crippen molar-refractivity contribution < 1.29 is 0 Å². The van der Waals surface area contributed by atoms with Gasteiger partial charge in [0.15, 0.2) is 0 Å². The van der Waals surface area contributed by atoms with E-state index in [0.717, 1.165) is 108 Å². The number of aryl methyl sites for hydroxylation is 2. The minimum atomic E-state index is 0.0301. The maximum atomic E-state index is 2.39. The van der Waals surface area contributed by atoms with Crippen molar-refractivity contribution in [1.29, 1.82) is 0 Å². The SMILES string of the molecule is CCc1ccc(N(c2ccc(-c3ccc(N(c4ccc(-c5ccc(N(c6ccc(C(C)(C)C)cc6)c6cccc7ccccc67)cc5)cc4)c4ccc(C(C)(C)C)cc4)cc3)cc2)c2ccc(-c3ccc(N(c4ccc(C)cc4)c4cccc5ccccc45)cc3)cc2)cc1. The molecule has 0 spiro atoms. The Morgan fingerprint density at radius 1 is 0.232 bits per heavy atom. The number of hydrogen-bond donors (Lipinski definition) is 0. The number of fused-ring (bicyclic) bond motifs is 2. The first kappa shape index (κ1) is 61.3. The molecule has 0 saturated heterocycles. The van der Waals surface area contributed by atoms with Crippen molar-refractivity contribution in [1.82, 2.24) is 0 Å². The predicted octanol–water partition coefficient (Wildman–Crippen LogP) is 26.3. The largest absolute Gasteiger partial charge is 0.311 e. The smallest absolute Gasteiger partial charge is 0.0540 e. The number of anilines is 12. The van der Waals surface area contributed by atoms with E-state index in [4.69, 9.17) is 0 Å². The Kier molecular flexibility index (Phi) is 16.8. The molecule has 0 amide bonds. The van der Waals surface area contributed by atoms with E-state index in [-0.39, 0.29) is 10.8 Å². The fraction of sp³-hybridized carbons (Fsp3) is 0.121. The summed E-state index contributed by atoms with van der Waals surface area (Å²) in [5.74, 6) is 0. The van der Waals surface area contributed by atoms with Crippen LogP contribution in [0.2, 0.25) is 0 Å². The van der Waals surface area contributed by atoms with E-state index in [1.165, 1.54) is 43.8 Å². The van der Waals surface area contributed by atoms with Crippen LogP contribution in [0.4, 0.5) is 68.2 Å². The number of benzene rings is 14. The molecule has 0 unspecified atom stereocenters. The zero-order chi connectivity index (χ0) is 65.2. The third kappa shape index (κ3) is 12.9. The summed E-state index contributed by atoms with van der Waals surface area (Å²) in [5.41, 5.74) is 25.5. The molecule has 0 fully saturated rings. The van der Waals surface area contributed by atoms with E-state index in [9.17, 15) is 0 Å². The maximum Gasteiger partial charge on any atom is 0.0540 e. The van der Waals surface area contributed by atoms with Crippen molar-refractivity contribution in [2.75, 3.05) is 19.6 Å². The summed E-state index contributed by atoms with van der Waals surface area (Å²) in [5, 5.41) is 4.86. The van der Waals surface area contributed by atoms with Gasteiger partial charge in [0.2, 0.25) is 0 Å². The summed E-state index contributed by atoms with van der Waals surface area (Å²) in [6.07, 6.45) is 0.984. The monoisotopic (exact) mass is 1230 g/mol. The summed E-state index contributed by atoms with van der Waals surface area (Å²) in [6, 6.07) is 121. The topological polar surface area (TPSA) is 13.0 Å². The van der Waals surface area contributed by atoms with Crippen LogP contribution in [-0.2, 0) is 17.3 Å². The molecule has 0 heterocycles. The quantitative estimate of drug-likeness (QED) is 0.0956. The highest BCUT2D eigenvalue weighted by Gasteiger charge is 2.22. The van der Waals surface area contributed by atoms with Crippen molar-refractivity contribution in [2.45, 2.75) is 72.6 Å². The molecule has 14 rings (SSSR count). The van der Waals surface area contributed by atoms with E-state index in [0.29, 0.717) is 0 Å². The lowest BCUT2D eigenvalue weighted by Crippen LogP contribution is -2.13. The fourth-order valence-corrected chi connectivity index (χ4v) is 13.2. The molecule has 0 aliphatic heterocycles. The first-order valence-corrected chi connectivity index (χ1v) is 33.4. The maximum absolute atomic E-state index is 2.39. The normalized spacial score (nSPS) is 11.6. The molecule has 4 nitrogen and oxygen atoms in total. The average molecular weight is 1230 g/mol. The van der Waals surface area contributed by atoms with Crippen LogP contribution in [0.1, 0.15) is 70.7 Å². The van der Waals surface area contributed by atoms with Crippen molar-refractivity contribution in [3.63, 3.8) is 0 Å². The summed E-state index contributed by atoms with van der Waals surface area (Å²) >= 11 is 0. The number of nitrogens with zero attached hydrogens (tertiary/aromatic N) is 4. The fourth-order valence-electron chi connectivity index (χ4n) is 13.2. The van der Waals surface area contributed by atoms with Crippen molar-refractivity contribution in [3.8, 4) is 33.4 Å². The van der Waals surface area contributed by atoms with Gasteiger partial charge in [-0.2, -0.15) is 0 Å². The molecule has 0 radical (unpaired) electrons. The molecule has 0 saturated carbocycles. The minimum Gasteiger partial charge on any atom is -0.311 e. The van der Waals surface area contributed by atoms with E-state index in [2.05, 4.69) is 403 Å². The molecule has 0 bridgehead atoms. The van der Waals surface area contributed by atoms with Gasteiger partial charge in [0.25, 0.3) is 0 Å². The van der Waals surface area contributed by atoms with Crippen LogP contribution in [0.3, 0.4) is 0 Å². The van der Waals surface area contributed by atoms with Gasteiger partial charge < -0.3 is 19.6 Å². The molecule has 14 aromatic carbocycles. The molecular weight excluding hydrogens is 1150 g/mol. The van der Waals surface area contributed by atoms with E-state index >= 15 is 0 Å². The second-order valence-electron chi connectivity index (χ2n) is 27.1. The summed E-state index contributed by atoms with van der Waals surface area (Å²) in [4.78, 5) is 9.49. The summed E-state index contributed by atoms with van der Waals surface area (Å²) in [6.45, 7) is 18.0. The Balaban J connectivity index is 0.730. The molecule has 0 aliphatic carbocycles. The van der Waals surface area contributed by atoms with Gasteiger partial charge in [-0.3, -0.25) is 0 Å². The molecule has 14 aromatic rings. The Bertz CT molecular complexity index is 4920. The standard InChI is InChI=1S/C91H80N4/c1-9-65-26-46-76(47-27-65)92(78-50-30-68(31-51-78)70-36-56-83(57-37-70)94(82-44-24-64(2)25-45-82)88-22-14-18-72-16-10-12-20-86(72)88)77-48-28-66(29-49-77)67-32-52-79(53-33-67)93(81-60-40-74(41-61-81)90(3,4)5)80-54-34-69(35-55-80)71-38-58-84(59-39-71)95(85-62-42-75(43-63-85)91(6,7)8)89-23-15-19-73-17-11-13-21-87(73)89/h10-63H,9H2,1-8H3. The van der Waals surface area contributed by atoms with Gasteiger partial charge in [0, 0.05) is 67.6 Å². The zero-order valence-electron chi connectivity index (χ0n) is 55.7. The van der Waals surface area contributed by atoms with Crippen LogP contribution in [0.25, 0.3) is 54.9 Å². The van der Waals surface area contributed by atoms with Gasteiger partial charge in [-0.25, -0.2) is 0 Å². The molecule has 0 atom stereocenters. The highest BCUT2D eigenvalue weighted by molar-refractivity contribution is 6.00. The second kappa shape index (κ2) is 26.1. The Morgan fingerprint density at radius 3 is 0.737 bits per heavy atom. The van der Waals surface area contributed by atoms with Gasteiger partial charge in [-0.05, 0) is 218 Å². The minimum absolute atomic E-state index is 0.0301. The van der Waals surface area contributed by atoms with Crippen LogP contribution in [0.5, 0.6) is 0 Å². The average Bonchev–Trinajstić information content (AvgIpc) is 1.29. The van der Waals surface area contributed by atoms with Gasteiger partial charge in [-0.1, -0.05) is 248 Å². The predicted molar refractivity (Wildman–Crippen MR) is 408 cm³/mol. The van der Waals surface area contributed by atoms with E-state index in [1.807, 2.05) is 0 Å². The first-order chi connectivity index (χ1) is 46.2. The van der Waals surface area contributed by atoms with Crippen LogP contribution in [0.15, 0.2) is 328 Å². The lowest BCUT2D eigenvalue weighted by molar-refractivity contribution is 0.590. The zero-order valence-corrected chi connectivity index (χ0v) is 55.7. The lowest BCUT2D eigenvalue weighted by Gasteiger charge is -2.28. The van der Waals surface area contributed by atoms with Crippen molar-refractivity contribution in [2.24, 2.45) is 0 Å². The summed E-state index contributed by atoms with van der Waals surface area (Å²) in [7, 11) is 0. The van der Waals surface area contributed by atoms with E-state index < -0.39 is 0 Å². The second-order valence-corrected chi connectivity index (χ2v) is 27.1. The lowest BCUT2D eigenvalue weighted by atomic mass is 9.87. The molecule has 95 heavy (non-hydrogen) atoms. The third-order valence-corrected chi connectivity index (χ3v) is 18.6. The van der Waals surface area contributed by atoms with Gasteiger partial charge in [-0.15, -0.1) is 0 Å². The Hall–Kier alpha value is -11.2. The van der Waals surface area contributed by atoms with Crippen molar-refractivity contribution in [3.05, 3.63) is 350 Å². The van der Waals surface area contributed by atoms with Crippen LogP contribution in [0, 0.1) is 6.92 Å². The van der Waals surface area contributed by atoms with Crippen molar-refractivity contribution >= 4 is 89.8 Å². The first-order valence-electron chi connectivity index (χ1n) is 33.4. The van der Waals surface area contributed by atoms with Crippen LogP contribution >= 0.6 is 0 Å². The highest BCUT2D eigenvalue weighted by Crippen LogP contribution is 2.45. The number of hydrogen-bond acceptors (Lipinski definition) is 4. The third-order valence-electron chi connectivity index (χ3n) is 18.6. The molecular formula is C91H80N4. The van der Waals surface area contributed by atoms with Crippen LogP contribution < -0.4 is 19.6 Å². The number of rotatable bonds is 16. The Morgan fingerprint density at radius 2 is 0.463 bits per heavy atom. The van der Waals surface area contributed by atoms with Gasteiger partial charge in [0.05, 0.1) is 11.4 Å². The van der Waals surface area contributed by atoms with E-state index in [1.54, 1.807) is 0 Å².